The van der Waals surface area contributed by atoms with Gasteiger partial charge in [-0.2, -0.15) is 0 Å². The van der Waals surface area contributed by atoms with Gasteiger partial charge in [0.1, 0.15) is 6.23 Å². The van der Waals surface area contributed by atoms with Crippen molar-refractivity contribution in [3.05, 3.63) is 23.0 Å². The second-order valence-corrected chi connectivity index (χ2v) is 8.72. The molecule has 0 radical (unpaired) electrons. The Morgan fingerprint density at radius 1 is 1.48 bits per heavy atom. The Morgan fingerprint density at radius 3 is 3.00 bits per heavy atom. The summed E-state index contributed by atoms with van der Waals surface area (Å²) in [5.41, 5.74) is -0.290. The molecule has 1 fully saturated rings. The molecule has 2 aromatic heterocycles. The van der Waals surface area contributed by atoms with Gasteiger partial charge in [0.2, 0.25) is 0 Å². The number of rotatable bonds is 6. The third-order valence-electron chi connectivity index (χ3n) is 3.83. The lowest BCUT2D eigenvalue weighted by Gasteiger charge is -2.20. The number of nitrogens with zero attached hydrogens (tertiary/aromatic N) is 3. The molecule has 25 heavy (non-hydrogen) atoms. The van der Waals surface area contributed by atoms with E-state index in [-0.39, 0.29) is 30.0 Å². The predicted molar refractivity (Wildman–Crippen MR) is 90.9 cm³/mol. The molecule has 12 heteroatoms. The first kappa shape index (κ1) is 18.2. The van der Waals surface area contributed by atoms with Crippen molar-refractivity contribution in [2.75, 3.05) is 20.8 Å². The summed E-state index contributed by atoms with van der Waals surface area (Å²) in [6.07, 6.45) is 3.62. The largest absolute Gasteiger partial charge is 0.462 e. The van der Waals surface area contributed by atoms with Crippen molar-refractivity contribution >= 4 is 35.2 Å². The number of carbonyl (C=O) groups excluding carboxylic acids is 1. The zero-order chi connectivity index (χ0) is 18.0. The van der Waals surface area contributed by atoms with E-state index in [0.29, 0.717) is 18.5 Å². The number of methoxy groups -OCH3 is 1. The van der Waals surface area contributed by atoms with Gasteiger partial charge in [-0.25, -0.2) is 14.8 Å². The molecule has 1 aliphatic heterocycles. The van der Waals surface area contributed by atoms with E-state index in [1.165, 1.54) is 26.9 Å². The molecule has 3 atom stereocenters. The van der Waals surface area contributed by atoms with Gasteiger partial charge in [0, 0.05) is 7.11 Å². The minimum Gasteiger partial charge on any atom is -0.462 e. The van der Waals surface area contributed by atoms with Crippen LogP contribution in [0.2, 0.25) is 0 Å². The van der Waals surface area contributed by atoms with Crippen molar-refractivity contribution in [1.29, 1.82) is 0 Å². The topological polar surface area (TPSA) is 118 Å². The minimum absolute atomic E-state index is 0.108. The van der Waals surface area contributed by atoms with Crippen molar-refractivity contribution in [1.82, 2.24) is 19.5 Å². The highest BCUT2D eigenvalue weighted by atomic mass is 32.5. The molecule has 0 saturated carbocycles. The standard InChI is InChI=1S/C13H17N4O6PS/c1-20-13(19)24(25,21-2)22-5-8-3-4-9(23-8)17-7-16-10-11(17)14-6-15-12(10)18/h6-9H,3-5H2,1-2H3,(H,14,15,18)/t8-,9+,24?/m0/s1. The maximum Gasteiger partial charge on any atom is 0.390 e. The average molecular weight is 388 g/mol. The molecule has 0 aromatic carbocycles. The van der Waals surface area contributed by atoms with Gasteiger partial charge < -0.3 is 23.5 Å². The van der Waals surface area contributed by atoms with Crippen LogP contribution >= 0.6 is 6.49 Å². The summed E-state index contributed by atoms with van der Waals surface area (Å²) >= 11 is 5.12. The molecule has 1 saturated heterocycles. The van der Waals surface area contributed by atoms with E-state index < -0.39 is 12.2 Å². The lowest BCUT2D eigenvalue weighted by molar-refractivity contribution is -0.0160. The second-order valence-electron chi connectivity index (χ2n) is 5.29. The molecule has 1 N–H and O–H groups in total. The number of fused-ring (bicyclic) bond motifs is 1. The molecule has 10 nitrogen and oxygen atoms in total. The number of hydrogen-bond donors (Lipinski definition) is 1. The van der Waals surface area contributed by atoms with Crippen molar-refractivity contribution in [3.8, 4) is 0 Å². The van der Waals surface area contributed by atoms with Crippen LogP contribution in [-0.4, -0.2) is 52.2 Å². The van der Waals surface area contributed by atoms with Crippen molar-refractivity contribution < 1.29 is 23.3 Å². The summed E-state index contributed by atoms with van der Waals surface area (Å²) in [4.78, 5) is 34.1. The summed E-state index contributed by atoms with van der Waals surface area (Å²) < 4.78 is 22.8. The van der Waals surface area contributed by atoms with Crippen LogP contribution in [-0.2, 0) is 30.3 Å². The molecular formula is C13H17N4O6PS. The molecule has 1 aliphatic rings. The van der Waals surface area contributed by atoms with Crippen LogP contribution in [0.5, 0.6) is 0 Å². The number of H-pyrrole nitrogens is 1. The number of ether oxygens (including phenoxy) is 2. The Labute approximate surface area is 147 Å². The van der Waals surface area contributed by atoms with Crippen LogP contribution in [0.4, 0.5) is 4.79 Å². The van der Waals surface area contributed by atoms with E-state index in [1.807, 2.05) is 0 Å². The molecular weight excluding hydrogens is 371 g/mol. The van der Waals surface area contributed by atoms with Gasteiger partial charge in [0.05, 0.1) is 32.5 Å². The van der Waals surface area contributed by atoms with Gasteiger partial charge >= 0.3 is 5.71 Å². The fourth-order valence-corrected chi connectivity index (χ4v) is 3.91. The fraction of sp³-hybridized carbons (Fsp3) is 0.538. The Bertz CT molecular complexity index is 883. The Morgan fingerprint density at radius 2 is 2.28 bits per heavy atom. The molecule has 0 amide bonds. The van der Waals surface area contributed by atoms with Crippen LogP contribution in [0.25, 0.3) is 11.2 Å². The van der Waals surface area contributed by atoms with Crippen molar-refractivity contribution in [2.24, 2.45) is 0 Å². The molecule has 0 spiro atoms. The van der Waals surface area contributed by atoms with E-state index in [4.69, 9.17) is 25.6 Å². The van der Waals surface area contributed by atoms with E-state index in [1.54, 1.807) is 4.57 Å². The smallest absolute Gasteiger partial charge is 0.390 e. The van der Waals surface area contributed by atoms with Crippen LogP contribution < -0.4 is 5.56 Å². The molecule has 2 aromatic rings. The highest BCUT2D eigenvalue weighted by Gasteiger charge is 2.34. The zero-order valence-corrected chi connectivity index (χ0v) is 15.3. The third kappa shape index (κ3) is 3.51. The highest BCUT2D eigenvalue weighted by Crippen LogP contribution is 2.50. The first-order valence-electron chi connectivity index (χ1n) is 7.43. The van der Waals surface area contributed by atoms with Gasteiger partial charge in [-0.1, -0.05) is 0 Å². The maximum absolute atomic E-state index is 11.7. The summed E-state index contributed by atoms with van der Waals surface area (Å²) in [6.45, 7) is -3.05. The number of aromatic amines is 1. The SMILES string of the molecule is COC(=O)P(=S)(OC)OC[C@@H]1CC[C@H](n2cnc3c(=O)[nH]cnc32)O1. The summed E-state index contributed by atoms with van der Waals surface area (Å²) in [5.74, 6) is 0. The van der Waals surface area contributed by atoms with Crippen LogP contribution in [0, 0.1) is 0 Å². The van der Waals surface area contributed by atoms with Gasteiger partial charge in [-0.3, -0.25) is 9.36 Å². The van der Waals surface area contributed by atoms with E-state index in [0.717, 1.165) is 0 Å². The quantitative estimate of drug-likeness (QED) is 0.735. The number of carbonyl (C=O) groups is 1. The van der Waals surface area contributed by atoms with Crippen LogP contribution in [0.3, 0.4) is 0 Å². The minimum atomic E-state index is -3.15. The zero-order valence-electron chi connectivity index (χ0n) is 13.6. The summed E-state index contributed by atoms with van der Waals surface area (Å²) in [7, 11) is 2.55. The lowest BCUT2D eigenvalue weighted by atomic mass is 10.2. The van der Waals surface area contributed by atoms with E-state index in [2.05, 4.69) is 19.7 Å². The second kappa shape index (κ2) is 7.30. The average Bonchev–Trinajstić information content (AvgIpc) is 3.26. The van der Waals surface area contributed by atoms with E-state index in [9.17, 15) is 9.59 Å². The third-order valence-corrected chi connectivity index (χ3v) is 6.64. The predicted octanol–water partition coefficient (Wildman–Crippen LogP) is 1.54. The Balaban J connectivity index is 1.67. The van der Waals surface area contributed by atoms with Gasteiger partial charge in [0.25, 0.3) is 12.1 Å². The first-order valence-corrected chi connectivity index (χ1v) is 10.1. The van der Waals surface area contributed by atoms with Crippen LogP contribution in [0.1, 0.15) is 19.1 Å². The summed E-state index contributed by atoms with van der Waals surface area (Å²) in [6, 6.07) is 0. The number of aromatic nitrogens is 4. The molecule has 3 heterocycles. The maximum atomic E-state index is 11.7. The summed E-state index contributed by atoms with van der Waals surface area (Å²) in [5, 5.41) is 0. The van der Waals surface area contributed by atoms with Crippen molar-refractivity contribution in [2.45, 2.75) is 25.2 Å². The highest BCUT2D eigenvalue weighted by molar-refractivity contribution is 8.17. The van der Waals surface area contributed by atoms with Crippen molar-refractivity contribution in [3.63, 3.8) is 0 Å². The Hall–Kier alpha value is -1.65. The molecule has 136 valence electrons. The lowest BCUT2D eigenvalue weighted by Crippen LogP contribution is -2.18. The number of hydrogen-bond acceptors (Lipinski definition) is 9. The van der Waals surface area contributed by atoms with Crippen LogP contribution in [0.15, 0.2) is 17.4 Å². The van der Waals surface area contributed by atoms with Gasteiger partial charge in [-0.15, -0.1) is 0 Å². The fourth-order valence-electron chi connectivity index (χ4n) is 2.56. The molecule has 1 unspecified atom stereocenters. The molecule has 3 rings (SSSR count). The molecule has 0 aliphatic carbocycles. The van der Waals surface area contributed by atoms with Gasteiger partial charge in [0.15, 0.2) is 11.2 Å². The normalized spacial score (nSPS) is 22.8. The van der Waals surface area contributed by atoms with E-state index >= 15 is 0 Å². The number of imidazole rings is 1. The van der Waals surface area contributed by atoms with Gasteiger partial charge in [-0.05, 0) is 24.6 Å². The Kier molecular flexibility index (Phi) is 5.30. The molecule has 0 bridgehead atoms. The monoisotopic (exact) mass is 388 g/mol. The first-order chi connectivity index (χ1) is 12.0. The number of nitrogens with one attached hydrogen (secondary N) is 1.